The summed E-state index contributed by atoms with van der Waals surface area (Å²) in [5, 5.41) is 4.50. The molecular weight excluding hydrogens is 394 g/mol. The SMILES string of the molecule is CC[C@H](C)N(Cc1c(-c2ccccc2)noc1N1CCSCC1)C(=O)C1CCCC1. The summed E-state index contributed by atoms with van der Waals surface area (Å²) in [6.45, 7) is 6.81. The quantitative estimate of drug-likeness (QED) is 0.607. The normalized spacial score (nSPS) is 18.5. The van der Waals surface area contributed by atoms with Crippen LogP contribution in [0.2, 0.25) is 0 Å². The molecule has 0 bridgehead atoms. The lowest BCUT2D eigenvalue weighted by atomic mass is 10.0. The topological polar surface area (TPSA) is 49.6 Å². The molecule has 4 rings (SSSR count). The fraction of sp³-hybridized carbons (Fsp3) is 0.583. The Morgan fingerprint density at radius 3 is 2.60 bits per heavy atom. The lowest BCUT2D eigenvalue weighted by molar-refractivity contribution is -0.138. The molecule has 2 aromatic rings. The number of thioether (sulfide) groups is 1. The first-order chi connectivity index (χ1) is 14.7. The Morgan fingerprint density at radius 2 is 1.93 bits per heavy atom. The van der Waals surface area contributed by atoms with E-state index < -0.39 is 0 Å². The average Bonchev–Trinajstić information content (AvgIpc) is 3.48. The third-order valence-electron chi connectivity index (χ3n) is 6.55. The van der Waals surface area contributed by atoms with Crippen LogP contribution in [0.15, 0.2) is 34.9 Å². The number of carbonyl (C=O) groups is 1. The molecule has 1 saturated carbocycles. The maximum atomic E-state index is 13.5. The summed E-state index contributed by atoms with van der Waals surface area (Å²) in [5.74, 6) is 3.52. The molecular formula is C24H33N3O2S. The third kappa shape index (κ3) is 4.53. The minimum absolute atomic E-state index is 0.175. The molecule has 0 radical (unpaired) electrons. The van der Waals surface area contributed by atoms with E-state index in [2.05, 4.69) is 40.9 Å². The lowest BCUT2D eigenvalue weighted by Crippen LogP contribution is -2.41. The Labute approximate surface area is 184 Å². The maximum Gasteiger partial charge on any atom is 0.232 e. The Kier molecular flexibility index (Phi) is 7.03. The van der Waals surface area contributed by atoms with E-state index in [1.54, 1.807) is 0 Å². The van der Waals surface area contributed by atoms with Gasteiger partial charge in [0.25, 0.3) is 0 Å². The van der Waals surface area contributed by atoms with Crippen molar-refractivity contribution in [1.29, 1.82) is 0 Å². The molecule has 1 aliphatic carbocycles. The first-order valence-electron chi connectivity index (χ1n) is 11.4. The van der Waals surface area contributed by atoms with Crippen LogP contribution in [-0.4, -0.2) is 46.6 Å². The van der Waals surface area contributed by atoms with E-state index in [0.29, 0.717) is 12.5 Å². The molecule has 2 heterocycles. The van der Waals surface area contributed by atoms with E-state index >= 15 is 0 Å². The van der Waals surface area contributed by atoms with Crippen molar-refractivity contribution in [3.8, 4) is 11.3 Å². The second kappa shape index (κ2) is 9.90. The number of rotatable bonds is 7. The van der Waals surface area contributed by atoms with Crippen molar-refractivity contribution in [3.05, 3.63) is 35.9 Å². The number of amides is 1. The summed E-state index contributed by atoms with van der Waals surface area (Å²) < 4.78 is 5.94. The molecule has 6 heteroatoms. The second-order valence-corrected chi connectivity index (χ2v) is 9.71. The molecule has 1 aromatic heterocycles. The Hall–Kier alpha value is -1.95. The second-order valence-electron chi connectivity index (χ2n) is 8.49. The molecule has 5 nitrogen and oxygen atoms in total. The molecule has 1 aliphatic heterocycles. The summed E-state index contributed by atoms with van der Waals surface area (Å²) in [6, 6.07) is 10.4. The molecule has 1 saturated heterocycles. The van der Waals surface area contributed by atoms with Crippen LogP contribution in [0.5, 0.6) is 0 Å². The van der Waals surface area contributed by atoms with E-state index in [9.17, 15) is 4.79 Å². The Morgan fingerprint density at radius 1 is 1.23 bits per heavy atom. The number of aromatic nitrogens is 1. The van der Waals surface area contributed by atoms with E-state index in [4.69, 9.17) is 4.52 Å². The molecule has 162 valence electrons. The molecule has 2 fully saturated rings. The highest BCUT2D eigenvalue weighted by molar-refractivity contribution is 7.99. The van der Waals surface area contributed by atoms with Crippen molar-refractivity contribution in [1.82, 2.24) is 10.1 Å². The Bertz CT molecular complexity index is 826. The van der Waals surface area contributed by atoms with Crippen LogP contribution in [0.25, 0.3) is 11.3 Å². The summed E-state index contributed by atoms with van der Waals surface area (Å²) in [7, 11) is 0. The summed E-state index contributed by atoms with van der Waals surface area (Å²) >= 11 is 1.98. The van der Waals surface area contributed by atoms with Gasteiger partial charge in [-0.25, -0.2) is 0 Å². The first-order valence-corrected chi connectivity index (χ1v) is 12.5. The smallest absolute Gasteiger partial charge is 0.232 e. The van der Waals surface area contributed by atoms with Crippen molar-refractivity contribution >= 4 is 23.6 Å². The van der Waals surface area contributed by atoms with Gasteiger partial charge < -0.3 is 14.3 Å². The van der Waals surface area contributed by atoms with Crippen LogP contribution >= 0.6 is 11.8 Å². The molecule has 0 unspecified atom stereocenters. The van der Waals surface area contributed by atoms with E-state index in [-0.39, 0.29) is 12.0 Å². The first kappa shape index (κ1) is 21.3. The summed E-state index contributed by atoms with van der Waals surface area (Å²) in [6.07, 6.45) is 5.34. The highest BCUT2D eigenvalue weighted by atomic mass is 32.2. The number of carbonyl (C=O) groups excluding carboxylic acids is 1. The highest BCUT2D eigenvalue weighted by Gasteiger charge is 2.33. The average molecular weight is 428 g/mol. The van der Waals surface area contributed by atoms with Crippen LogP contribution in [0, 0.1) is 5.92 Å². The zero-order valence-corrected chi connectivity index (χ0v) is 19.0. The standard InChI is InChI=1S/C24H33N3O2S/c1-3-18(2)27(23(28)20-11-7-8-12-20)17-21-22(19-9-5-4-6-10-19)25-29-24(21)26-13-15-30-16-14-26/h4-6,9-10,18,20H,3,7-8,11-17H2,1-2H3/t18-/m0/s1. The van der Waals surface area contributed by atoms with Crippen molar-refractivity contribution < 1.29 is 9.32 Å². The van der Waals surface area contributed by atoms with Crippen LogP contribution in [0.1, 0.15) is 51.5 Å². The highest BCUT2D eigenvalue weighted by Crippen LogP contribution is 2.35. The minimum Gasteiger partial charge on any atom is -0.339 e. The number of benzene rings is 1. The fourth-order valence-corrected chi connectivity index (χ4v) is 5.43. The minimum atomic E-state index is 0.175. The van der Waals surface area contributed by atoms with Crippen LogP contribution in [0.3, 0.4) is 0 Å². The van der Waals surface area contributed by atoms with E-state index in [1.807, 2.05) is 30.0 Å². The van der Waals surface area contributed by atoms with Gasteiger partial charge in [-0.3, -0.25) is 4.79 Å². The molecule has 1 amide bonds. The number of hydrogen-bond donors (Lipinski definition) is 0. The van der Waals surface area contributed by atoms with Gasteiger partial charge in [0.15, 0.2) is 0 Å². The maximum absolute atomic E-state index is 13.5. The van der Waals surface area contributed by atoms with Gasteiger partial charge in [-0.15, -0.1) is 0 Å². The number of anilines is 1. The molecule has 30 heavy (non-hydrogen) atoms. The van der Waals surface area contributed by atoms with E-state index in [0.717, 1.165) is 66.6 Å². The van der Waals surface area contributed by atoms with Gasteiger partial charge in [-0.05, 0) is 26.2 Å². The van der Waals surface area contributed by atoms with Gasteiger partial charge >= 0.3 is 0 Å². The predicted molar refractivity (Wildman–Crippen MR) is 124 cm³/mol. The molecule has 1 aromatic carbocycles. The zero-order chi connectivity index (χ0) is 20.9. The summed E-state index contributed by atoms with van der Waals surface area (Å²) in [4.78, 5) is 17.9. The third-order valence-corrected chi connectivity index (χ3v) is 7.49. The molecule has 0 spiro atoms. The van der Waals surface area contributed by atoms with Gasteiger partial charge in [-0.2, -0.15) is 11.8 Å². The van der Waals surface area contributed by atoms with Gasteiger partial charge in [-0.1, -0.05) is 55.3 Å². The van der Waals surface area contributed by atoms with E-state index in [1.165, 1.54) is 12.8 Å². The summed E-state index contributed by atoms with van der Waals surface area (Å²) in [5.41, 5.74) is 2.97. The zero-order valence-electron chi connectivity index (χ0n) is 18.2. The van der Waals surface area contributed by atoms with Gasteiger partial charge in [0.05, 0.1) is 12.1 Å². The van der Waals surface area contributed by atoms with Crippen LogP contribution in [-0.2, 0) is 11.3 Å². The van der Waals surface area contributed by atoms with Crippen molar-refractivity contribution in [3.63, 3.8) is 0 Å². The van der Waals surface area contributed by atoms with Gasteiger partial charge in [0.2, 0.25) is 11.8 Å². The van der Waals surface area contributed by atoms with Gasteiger partial charge in [0.1, 0.15) is 5.69 Å². The molecule has 2 aliphatic rings. The predicted octanol–water partition coefficient (Wildman–Crippen LogP) is 5.21. The fourth-order valence-electron chi connectivity index (χ4n) is 4.53. The molecule has 1 atom stereocenters. The van der Waals surface area contributed by atoms with Crippen LogP contribution in [0.4, 0.5) is 5.88 Å². The lowest BCUT2D eigenvalue weighted by Gasteiger charge is -2.32. The number of nitrogens with zero attached hydrogens (tertiary/aromatic N) is 3. The van der Waals surface area contributed by atoms with Crippen molar-refractivity contribution in [2.24, 2.45) is 5.92 Å². The molecule has 0 N–H and O–H groups in total. The Balaban J connectivity index is 1.70. The van der Waals surface area contributed by atoms with Crippen molar-refractivity contribution in [2.45, 2.75) is 58.5 Å². The monoisotopic (exact) mass is 427 g/mol. The number of hydrogen-bond acceptors (Lipinski definition) is 5. The van der Waals surface area contributed by atoms with Gasteiger partial charge in [0, 0.05) is 42.1 Å². The largest absolute Gasteiger partial charge is 0.339 e. The van der Waals surface area contributed by atoms with Crippen LogP contribution < -0.4 is 4.90 Å². The van der Waals surface area contributed by atoms with Crippen molar-refractivity contribution in [2.75, 3.05) is 29.5 Å².